The predicted octanol–water partition coefficient (Wildman–Crippen LogP) is 1.11. The van der Waals surface area contributed by atoms with Crippen LogP contribution in [0, 0.1) is 11.3 Å². The number of nitrogens with zero attached hydrogens (tertiary/aromatic N) is 1. The highest BCUT2D eigenvalue weighted by Gasteiger charge is 2.03. The Bertz CT molecular complexity index is 346. The van der Waals surface area contributed by atoms with E-state index >= 15 is 0 Å². The Morgan fingerprint density at radius 1 is 1.69 bits per heavy atom. The first-order valence-corrected chi connectivity index (χ1v) is 5.99. The van der Waals surface area contributed by atoms with Crippen molar-refractivity contribution in [2.75, 3.05) is 20.3 Å². The Labute approximate surface area is 99.5 Å². The van der Waals surface area contributed by atoms with Crippen LogP contribution < -0.4 is 5.32 Å². The molecule has 0 fully saturated rings. The van der Waals surface area contributed by atoms with Gasteiger partial charge in [0.25, 0.3) is 0 Å². The molecule has 1 aromatic heterocycles. The van der Waals surface area contributed by atoms with E-state index in [0.717, 1.165) is 18.0 Å². The van der Waals surface area contributed by atoms with Gasteiger partial charge in [-0.15, -0.1) is 11.3 Å². The fourth-order valence-corrected chi connectivity index (χ4v) is 2.07. The molecule has 4 nitrogen and oxygen atoms in total. The smallest absolute Gasteiger partial charge is 0.100 e. The lowest BCUT2D eigenvalue weighted by molar-refractivity contribution is 0.0594. The van der Waals surface area contributed by atoms with Crippen LogP contribution in [0.25, 0.3) is 0 Å². The Morgan fingerprint density at radius 2 is 2.50 bits per heavy atom. The van der Waals surface area contributed by atoms with Gasteiger partial charge in [0.1, 0.15) is 6.07 Å². The highest BCUT2D eigenvalue weighted by molar-refractivity contribution is 7.10. The molecule has 0 saturated heterocycles. The van der Waals surface area contributed by atoms with E-state index in [1.165, 1.54) is 0 Å². The third-order valence-electron chi connectivity index (χ3n) is 2.10. The van der Waals surface area contributed by atoms with Crippen molar-refractivity contribution in [1.82, 2.24) is 5.32 Å². The molecule has 2 N–H and O–H groups in total. The van der Waals surface area contributed by atoms with Crippen molar-refractivity contribution in [3.8, 4) is 6.07 Å². The number of rotatable bonds is 7. The number of thiophene rings is 1. The molecule has 0 spiro atoms. The zero-order valence-electron chi connectivity index (χ0n) is 9.27. The molecule has 1 heterocycles. The number of nitrogens with one attached hydrogen (secondary N) is 1. The van der Waals surface area contributed by atoms with Crippen molar-refractivity contribution >= 4 is 11.3 Å². The fourth-order valence-electron chi connectivity index (χ4n) is 1.29. The maximum absolute atomic E-state index is 9.38. The Hall–Kier alpha value is -0.930. The molecule has 0 aliphatic heterocycles. The third kappa shape index (κ3) is 4.73. The molecule has 0 saturated carbocycles. The van der Waals surface area contributed by atoms with Crippen molar-refractivity contribution in [1.29, 1.82) is 5.26 Å². The van der Waals surface area contributed by atoms with Gasteiger partial charge in [0.15, 0.2) is 0 Å². The Balaban J connectivity index is 2.14. The largest absolute Gasteiger partial charge is 0.391 e. The molecule has 1 rings (SSSR count). The summed E-state index contributed by atoms with van der Waals surface area (Å²) < 4.78 is 4.83. The number of hydrogen-bond acceptors (Lipinski definition) is 5. The van der Waals surface area contributed by atoms with Gasteiger partial charge in [-0.25, -0.2) is 0 Å². The van der Waals surface area contributed by atoms with Crippen molar-refractivity contribution < 1.29 is 9.84 Å². The molecular formula is C11H16N2O2S. The summed E-state index contributed by atoms with van der Waals surface area (Å²) in [6.07, 6.45) is 0.264. The summed E-state index contributed by atoms with van der Waals surface area (Å²) in [5.74, 6) is 0. The SMILES string of the molecule is COCC(O)CCNCc1cc(C#N)cs1. The molecule has 0 aromatic carbocycles. The van der Waals surface area contributed by atoms with Crippen molar-refractivity contribution in [3.05, 3.63) is 21.9 Å². The number of ether oxygens (including phenoxy) is 1. The molecule has 1 atom stereocenters. The highest BCUT2D eigenvalue weighted by atomic mass is 32.1. The lowest BCUT2D eigenvalue weighted by Crippen LogP contribution is -2.22. The fraction of sp³-hybridized carbons (Fsp3) is 0.545. The average Bonchev–Trinajstić information content (AvgIpc) is 2.73. The lowest BCUT2D eigenvalue weighted by Gasteiger charge is -2.09. The molecule has 88 valence electrons. The van der Waals surface area contributed by atoms with Crippen molar-refractivity contribution in [3.63, 3.8) is 0 Å². The second kappa shape index (κ2) is 7.36. The van der Waals surface area contributed by atoms with E-state index < -0.39 is 6.10 Å². The van der Waals surface area contributed by atoms with E-state index in [-0.39, 0.29) is 0 Å². The summed E-state index contributed by atoms with van der Waals surface area (Å²) in [6.45, 7) is 1.86. The van der Waals surface area contributed by atoms with Crippen LogP contribution in [0.2, 0.25) is 0 Å². The summed E-state index contributed by atoms with van der Waals surface area (Å²) in [5.41, 5.74) is 0.709. The van der Waals surface area contributed by atoms with Gasteiger partial charge < -0.3 is 15.2 Å². The van der Waals surface area contributed by atoms with E-state index in [4.69, 9.17) is 10.00 Å². The van der Waals surface area contributed by atoms with Gasteiger partial charge in [0, 0.05) is 23.9 Å². The van der Waals surface area contributed by atoms with Crippen LogP contribution in [-0.4, -0.2) is 31.5 Å². The molecule has 0 radical (unpaired) electrons. The van der Waals surface area contributed by atoms with Crippen LogP contribution in [-0.2, 0) is 11.3 Å². The summed E-state index contributed by atoms with van der Waals surface area (Å²) >= 11 is 1.57. The highest BCUT2D eigenvalue weighted by Crippen LogP contribution is 2.13. The standard InChI is InChI=1S/C11H16N2O2S/c1-15-7-10(14)2-3-13-6-11-4-9(5-12)8-16-11/h4,8,10,13-14H,2-3,6-7H2,1H3. The second-order valence-electron chi connectivity index (χ2n) is 3.49. The number of nitriles is 1. The van der Waals surface area contributed by atoms with Crippen LogP contribution in [0.4, 0.5) is 0 Å². The molecule has 0 bridgehead atoms. The Morgan fingerprint density at radius 3 is 3.12 bits per heavy atom. The van der Waals surface area contributed by atoms with Gasteiger partial charge in [-0.2, -0.15) is 5.26 Å². The van der Waals surface area contributed by atoms with Gasteiger partial charge in [-0.05, 0) is 19.0 Å². The summed E-state index contributed by atoms with van der Waals surface area (Å²) in [4.78, 5) is 1.14. The second-order valence-corrected chi connectivity index (χ2v) is 4.48. The molecule has 1 unspecified atom stereocenters. The van der Waals surface area contributed by atoms with E-state index in [9.17, 15) is 5.11 Å². The predicted molar refractivity (Wildman–Crippen MR) is 63.2 cm³/mol. The summed E-state index contributed by atoms with van der Waals surface area (Å²) in [5, 5.41) is 23.1. The quantitative estimate of drug-likeness (QED) is 0.701. The maximum atomic E-state index is 9.38. The topological polar surface area (TPSA) is 65.3 Å². The van der Waals surface area contributed by atoms with Crippen LogP contribution in [0.15, 0.2) is 11.4 Å². The molecular weight excluding hydrogens is 224 g/mol. The van der Waals surface area contributed by atoms with E-state index in [1.54, 1.807) is 18.4 Å². The van der Waals surface area contributed by atoms with Crippen molar-refractivity contribution in [2.45, 2.75) is 19.1 Å². The van der Waals surface area contributed by atoms with Gasteiger partial charge >= 0.3 is 0 Å². The van der Waals surface area contributed by atoms with Crippen LogP contribution in [0.3, 0.4) is 0 Å². The van der Waals surface area contributed by atoms with Crippen LogP contribution >= 0.6 is 11.3 Å². The molecule has 0 aliphatic carbocycles. The van der Waals surface area contributed by atoms with Gasteiger partial charge in [0.2, 0.25) is 0 Å². The summed E-state index contributed by atoms with van der Waals surface area (Å²) in [7, 11) is 1.58. The average molecular weight is 240 g/mol. The maximum Gasteiger partial charge on any atom is 0.100 e. The molecule has 5 heteroatoms. The minimum absolute atomic E-state index is 0.374. The van der Waals surface area contributed by atoms with Gasteiger partial charge in [0.05, 0.1) is 18.3 Å². The number of hydrogen-bond donors (Lipinski definition) is 2. The minimum Gasteiger partial charge on any atom is -0.391 e. The zero-order chi connectivity index (χ0) is 11.8. The van der Waals surface area contributed by atoms with Crippen molar-refractivity contribution in [2.24, 2.45) is 0 Å². The van der Waals surface area contributed by atoms with Crippen LogP contribution in [0.5, 0.6) is 0 Å². The first-order valence-electron chi connectivity index (χ1n) is 5.11. The van der Waals surface area contributed by atoms with E-state index in [2.05, 4.69) is 11.4 Å². The first kappa shape index (κ1) is 13.1. The van der Waals surface area contributed by atoms with Gasteiger partial charge in [-0.3, -0.25) is 0 Å². The number of aliphatic hydroxyl groups is 1. The van der Waals surface area contributed by atoms with Gasteiger partial charge in [-0.1, -0.05) is 0 Å². The Kier molecular flexibility index (Phi) is 6.04. The minimum atomic E-state index is -0.407. The monoisotopic (exact) mass is 240 g/mol. The molecule has 0 aliphatic rings. The number of aliphatic hydroxyl groups excluding tert-OH is 1. The van der Waals surface area contributed by atoms with E-state index in [0.29, 0.717) is 18.6 Å². The third-order valence-corrected chi connectivity index (χ3v) is 3.03. The normalized spacial score (nSPS) is 12.3. The molecule has 1 aromatic rings. The summed E-state index contributed by atoms with van der Waals surface area (Å²) in [6, 6.07) is 3.98. The lowest BCUT2D eigenvalue weighted by atomic mass is 10.2. The van der Waals surface area contributed by atoms with E-state index in [1.807, 2.05) is 11.4 Å². The first-order chi connectivity index (χ1) is 7.76. The molecule has 16 heavy (non-hydrogen) atoms. The molecule has 0 amide bonds. The number of methoxy groups -OCH3 is 1. The zero-order valence-corrected chi connectivity index (χ0v) is 10.1. The van der Waals surface area contributed by atoms with Crippen LogP contribution in [0.1, 0.15) is 16.9 Å².